The van der Waals surface area contributed by atoms with E-state index in [0.717, 1.165) is 22.5 Å². The second-order valence-electron chi connectivity index (χ2n) is 5.70. The van der Waals surface area contributed by atoms with Crippen LogP contribution >= 0.6 is 0 Å². The smallest absolute Gasteiger partial charge is 0.159 e. The van der Waals surface area contributed by atoms with Crippen LogP contribution in [0.15, 0.2) is 107 Å². The second-order valence-corrected chi connectivity index (χ2v) is 5.70. The lowest BCUT2D eigenvalue weighted by Crippen LogP contribution is -1.92. The highest BCUT2D eigenvalue weighted by molar-refractivity contribution is 5.73. The van der Waals surface area contributed by atoms with E-state index < -0.39 is 0 Å². The highest BCUT2D eigenvalue weighted by Crippen LogP contribution is 2.31. The van der Waals surface area contributed by atoms with Crippen molar-refractivity contribution in [2.45, 2.75) is 0 Å². The van der Waals surface area contributed by atoms with E-state index >= 15 is 0 Å². The largest absolute Gasteiger partial charge is 0.234 e. The first-order valence-electron chi connectivity index (χ1n) is 8.35. The summed E-state index contributed by atoms with van der Waals surface area (Å²) in [7, 11) is 0. The molecule has 0 amide bonds. The van der Waals surface area contributed by atoms with E-state index in [2.05, 4.69) is 15.2 Å². The molecule has 26 heavy (non-hydrogen) atoms. The van der Waals surface area contributed by atoms with Crippen LogP contribution in [-0.2, 0) is 0 Å². The molecule has 0 unspecified atom stereocenters. The molecular weight excluding hydrogens is 320 g/mol. The van der Waals surface area contributed by atoms with Gasteiger partial charge >= 0.3 is 0 Å². The molecule has 0 N–H and O–H groups in total. The molecule has 4 nitrogen and oxygen atoms in total. The molecule has 4 aromatic rings. The summed E-state index contributed by atoms with van der Waals surface area (Å²) in [6.07, 6.45) is 1.73. The van der Waals surface area contributed by atoms with Gasteiger partial charge in [0.25, 0.3) is 0 Å². The quantitative estimate of drug-likeness (QED) is 0.415. The van der Waals surface area contributed by atoms with E-state index in [1.54, 1.807) is 6.20 Å². The van der Waals surface area contributed by atoms with Crippen molar-refractivity contribution in [2.75, 3.05) is 0 Å². The fourth-order valence-corrected chi connectivity index (χ4v) is 2.59. The summed E-state index contributed by atoms with van der Waals surface area (Å²) >= 11 is 0. The summed E-state index contributed by atoms with van der Waals surface area (Å²) in [4.78, 5) is 9.24. The Balaban J connectivity index is 1.79. The van der Waals surface area contributed by atoms with E-state index in [1.807, 2.05) is 91.0 Å². The highest BCUT2D eigenvalue weighted by Gasteiger charge is 2.10. The van der Waals surface area contributed by atoms with E-state index in [1.165, 1.54) is 0 Å². The maximum atomic E-state index is 4.76. The Labute approximate surface area is 151 Å². The van der Waals surface area contributed by atoms with Crippen molar-refractivity contribution in [2.24, 2.45) is 10.2 Å². The van der Waals surface area contributed by atoms with Gasteiger partial charge in [-0.25, -0.2) is 9.97 Å². The molecule has 0 spiro atoms. The van der Waals surface area contributed by atoms with Gasteiger partial charge in [0.05, 0.1) is 11.9 Å². The van der Waals surface area contributed by atoms with Gasteiger partial charge in [-0.2, -0.15) is 5.11 Å². The minimum absolute atomic E-state index is 0.639. The molecule has 0 aliphatic rings. The van der Waals surface area contributed by atoms with Gasteiger partial charge < -0.3 is 0 Å². The molecule has 0 bridgehead atoms. The average molecular weight is 336 g/mol. The number of nitrogens with zero attached hydrogens (tertiary/aromatic N) is 4. The zero-order valence-electron chi connectivity index (χ0n) is 14.0. The number of rotatable bonds is 4. The zero-order chi connectivity index (χ0) is 17.6. The third kappa shape index (κ3) is 3.54. The Kier molecular flexibility index (Phi) is 4.56. The van der Waals surface area contributed by atoms with E-state index in [4.69, 9.17) is 4.98 Å². The molecular formula is C22H16N4. The Morgan fingerprint density at radius 2 is 1.15 bits per heavy atom. The minimum atomic E-state index is 0.639. The number of azo groups is 1. The monoisotopic (exact) mass is 336 g/mol. The van der Waals surface area contributed by atoms with Gasteiger partial charge in [-0.3, -0.25) is 0 Å². The molecule has 0 saturated carbocycles. The Hall–Kier alpha value is -3.66. The van der Waals surface area contributed by atoms with Gasteiger partial charge in [0.1, 0.15) is 11.4 Å². The standard InChI is InChI=1S/C22H16N4/c1-4-10-17(11-5-1)21-20(26-25-19-14-8-3-9-15-19)16-23-22(24-21)18-12-6-2-7-13-18/h1-16H. The molecule has 0 aliphatic carbocycles. The van der Waals surface area contributed by atoms with Crippen molar-refractivity contribution in [3.63, 3.8) is 0 Å². The first kappa shape index (κ1) is 15.8. The van der Waals surface area contributed by atoms with Crippen LogP contribution in [0.1, 0.15) is 0 Å². The number of benzene rings is 3. The molecule has 0 atom stereocenters. The lowest BCUT2D eigenvalue weighted by molar-refractivity contribution is 1.13. The third-order valence-corrected chi connectivity index (χ3v) is 3.88. The Bertz CT molecular complexity index is 1010. The predicted octanol–water partition coefficient (Wildman–Crippen LogP) is 6.23. The van der Waals surface area contributed by atoms with E-state index in [9.17, 15) is 0 Å². The topological polar surface area (TPSA) is 50.5 Å². The van der Waals surface area contributed by atoms with E-state index in [0.29, 0.717) is 11.5 Å². The van der Waals surface area contributed by atoms with Crippen LogP contribution in [0.4, 0.5) is 11.4 Å². The van der Waals surface area contributed by atoms with Gasteiger partial charge in [-0.1, -0.05) is 78.9 Å². The normalized spacial score (nSPS) is 10.9. The van der Waals surface area contributed by atoms with Crippen LogP contribution in [0.25, 0.3) is 22.6 Å². The molecule has 0 saturated heterocycles. The number of hydrogen-bond donors (Lipinski definition) is 0. The molecule has 0 fully saturated rings. The summed E-state index contributed by atoms with van der Waals surface area (Å²) in [5, 5.41) is 8.70. The Morgan fingerprint density at radius 3 is 1.81 bits per heavy atom. The molecule has 0 radical (unpaired) electrons. The van der Waals surface area contributed by atoms with Crippen LogP contribution in [0.5, 0.6) is 0 Å². The van der Waals surface area contributed by atoms with Crippen molar-refractivity contribution >= 4 is 11.4 Å². The van der Waals surface area contributed by atoms with Crippen molar-refractivity contribution < 1.29 is 0 Å². The van der Waals surface area contributed by atoms with Gasteiger partial charge in [-0.15, -0.1) is 5.11 Å². The average Bonchev–Trinajstić information content (AvgIpc) is 2.74. The van der Waals surface area contributed by atoms with Crippen molar-refractivity contribution in [3.05, 3.63) is 97.2 Å². The Morgan fingerprint density at radius 1 is 0.577 bits per heavy atom. The predicted molar refractivity (Wildman–Crippen MR) is 104 cm³/mol. The van der Waals surface area contributed by atoms with Crippen molar-refractivity contribution in [3.8, 4) is 22.6 Å². The van der Waals surface area contributed by atoms with Crippen LogP contribution in [-0.4, -0.2) is 9.97 Å². The fraction of sp³-hybridized carbons (Fsp3) is 0. The molecule has 124 valence electrons. The second kappa shape index (κ2) is 7.49. The summed E-state index contributed by atoms with van der Waals surface area (Å²) in [6.45, 7) is 0. The van der Waals surface area contributed by atoms with Crippen molar-refractivity contribution in [1.29, 1.82) is 0 Å². The SMILES string of the molecule is c1ccc(N=Nc2cnc(-c3ccccc3)nc2-c2ccccc2)cc1. The molecule has 1 heterocycles. The molecule has 4 heteroatoms. The maximum absolute atomic E-state index is 4.76. The zero-order valence-corrected chi connectivity index (χ0v) is 14.0. The lowest BCUT2D eigenvalue weighted by atomic mass is 10.1. The summed E-state index contributed by atoms with van der Waals surface area (Å²) in [5.41, 5.74) is 4.14. The van der Waals surface area contributed by atoms with Gasteiger partial charge in [0, 0.05) is 11.1 Å². The fourth-order valence-electron chi connectivity index (χ4n) is 2.59. The molecule has 3 aromatic carbocycles. The summed E-state index contributed by atoms with van der Waals surface area (Å²) in [6, 6.07) is 29.5. The van der Waals surface area contributed by atoms with Crippen molar-refractivity contribution in [1.82, 2.24) is 9.97 Å². The summed E-state index contributed by atoms with van der Waals surface area (Å²) in [5.74, 6) is 0.670. The molecule has 1 aromatic heterocycles. The third-order valence-electron chi connectivity index (χ3n) is 3.88. The molecule has 4 rings (SSSR count). The first-order chi connectivity index (χ1) is 12.9. The van der Waals surface area contributed by atoms with E-state index in [-0.39, 0.29) is 0 Å². The first-order valence-corrected chi connectivity index (χ1v) is 8.35. The minimum Gasteiger partial charge on any atom is -0.234 e. The number of aromatic nitrogens is 2. The van der Waals surface area contributed by atoms with Crippen LogP contribution < -0.4 is 0 Å². The van der Waals surface area contributed by atoms with Gasteiger partial charge in [0.2, 0.25) is 0 Å². The van der Waals surface area contributed by atoms with Gasteiger partial charge in [-0.05, 0) is 12.1 Å². The maximum Gasteiger partial charge on any atom is 0.159 e. The van der Waals surface area contributed by atoms with Crippen LogP contribution in [0.2, 0.25) is 0 Å². The summed E-state index contributed by atoms with van der Waals surface area (Å²) < 4.78 is 0. The van der Waals surface area contributed by atoms with Crippen LogP contribution in [0, 0.1) is 0 Å². The molecule has 0 aliphatic heterocycles. The van der Waals surface area contributed by atoms with Crippen LogP contribution in [0.3, 0.4) is 0 Å². The highest BCUT2D eigenvalue weighted by atomic mass is 15.1. The van der Waals surface area contributed by atoms with Gasteiger partial charge in [0.15, 0.2) is 5.82 Å². The lowest BCUT2D eigenvalue weighted by Gasteiger charge is -2.07. The number of hydrogen-bond acceptors (Lipinski definition) is 4.